The molecule has 0 unspecified atom stereocenters. The van der Waals surface area contributed by atoms with Crippen LogP contribution < -0.4 is 15.4 Å². The minimum atomic E-state index is -0.109. The second-order valence-electron chi connectivity index (χ2n) is 5.72. The maximum Gasteiger partial charge on any atom is 0.234 e. The number of ether oxygens (including phenoxy) is 1. The molecule has 0 aliphatic rings. The quantitative estimate of drug-likeness (QED) is 0.464. The van der Waals surface area contributed by atoms with E-state index in [4.69, 9.17) is 16.3 Å². The molecule has 0 saturated carbocycles. The Kier molecular flexibility index (Phi) is 7.13. The van der Waals surface area contributed by atoms with Crippen molar-refractivity contribution in [1.82, 2.24) is 10.2 Å². The van der Waals surface area contributed by atoms with E-state index >= 15 is 0 Å². The number of carbonyl (C=O) groups is 1. The summed E-state index contributed by atoms with van der Waals surface area (Å²) < 4.78 is 6.30. The van der Waals surface area contributed by atoms with E-state index in [-0.39, 0.29) is 11.7 Å². The minimum Gasteiger partial charge on any atom is -0.492 e. The van der Waals surface area contributed by atoms with Gasteiger partial charge in [0.05, 0.1) is 18.0 Å². The van der Waals surface area contributed by atoms with E-state index in [9.17, 15) is 4.79 Å². The number of carbonyl (C=O) groups excluding carboxylic acids is 1. The summed E-state index contributed by atoms with van der Waals surface area (Å²) in [6, 6.07) is 13.0. The largest absolute Gasteiger partial charge is 0.492 e. The van der Waals surface area contributed by atoms with Gasteiger partial charge in [0, 0.05) is 10.7 Å². The molecular formula is C19H19ClN4O2S2. The third-order valence-corrected chi connectivity index (χ3v) is 5.83. The number of thioether (sulfide) groups is 1. The topological polar surface area (TPSA) is 76.1 Å². The van der Waals surface area contributed by atoms with Crippen LogP contribution in [0.15, 0.2) is 46.8 Å². The Balaban J connectivity index is 1.55. The molecule has 28 heavy (non-hydrogen) atoms. The highest BCUT2D eigenvalue weighted by Crippen LogP contribution is 2.31. The van der Waals surface area contributed by atoms with Crippen LogP contribution in [0.2, 0.25) is 5.02 Å². The summed E-state index contributed by atoms with van der Waals surface area (Å²) >= 11 is 8.66. The zero-order valence-corrected chi connectivity index (χ0v) is 17.7. The number of aromatic nitrogens is 2. The summed E-state index contributed by atoms with van der Waals surface area (Å²) in [6.07, 6.45) is 0. The summed E-state index contributed by atoms with van der Waals surface area (Å²) in [5.41, 5.74) is 2.50. The number of amides is 1. The maximum absolute atomic E-state index is 12.2. The van der Waals surface area contributed by atoms with Gasteiger partial charge in [-0.3, -0.25) is 4.79 Å². The van der Waals surface area contributed by atoms with Crippen molar-refractivity contribution in [3.8, 4) is 5.75 Å². The minimum absolute atomic E-state index is 0.109. The highest BCUT2D eigenvalue weighted by molar-refractivity contribution is 8.01. The van der Waals surface area contributed by atoms with E-state index in [1.165, 1.54) is 23.1 Å². The zero-order valence-electron chi connectivity index (χ0n) is 15.4. The van der Waals surface area contributed by atoms with E-state index in [1.807, 2.05) is 44.2 Å². The number of para-hydroxylation sites is 2. The van der Waals surface area contributed by atoms with Crippen LogP contribution in [0.25, 0.3) is 0 Å². The highest BCUT2D eigenvalue weighted by atomic mass is 35.5. The molecule has 0 aliphatic heterocycles. The molecule has 1 amide bonds. The number of hydrogen-bond acceptors (Lipinski definition) is 7. The van der Waals surface area contributed by atoms with Crippen LogP contribution in [0.3, 0.4) is 0 Å². The first-order valence-electron chi connectivity index (χ1n) is 8.56. The number of halogens is 1. The Labute approximate surface area is 176 Å². The molecular weight excluding hydrogens is 416 g/mol. The van der Waals surface area contributed by atoms with Gasteiger partial charge in [-0.1, -0.05) is 46.8 Å². The normalized spacial score (nSPS) is 10.5. The van der Waals surface area contributed by atoms with Gasteiger partial charge in [0.2, 0.25) is 11.0 Å². The average Bonchev–Trinajstić information content (AvgIpc) is 3.12. The van der Waals surface area contributed by atoms with Crippen molar-refractivity contribution < 1.29 is 9.53 Å². The number of benzene rings is 2. The predicted molar refractivity (Wildman–Crippen MR) is 116 cm³/mol. The third-order valence-electron chi connectivity index (χ3n) is 3.62. The molecule has 3 rings (SSSR count). The fourth-order valence-corrected chi connectivity index (χ4v) is 4.16. The Morgan fingerprint density at radius 2 is 2.04 bits per heavy atom. The summed E-state index contributed by atoms with van der Waals surface area (Å²) in [5, 5.41) is 15.6. The van der Waals surface area contributed by atoms with Crippen molar-refractivity contribution in [3.63, 3.8) is 0 Å². The van der Waals surface area contributed by atoms with E-state index in [2.05, 4.69) is 20.8 Å². The molecule has 0 fully saturated rings. The summed E-state index contributed by atoms with van der Waals surface area (Å²) in [5.74, 6) is 0.889. The van der Waals surface area contributed by atoms with Gasteiger partial charge >= 0.3 is 0 Å². The van der Waals surface area contributed by atoms with Crippen molar-refractivity contribution in [3.05, 3.63) is 53.1 Å². The van der Waals surface area contributed by atoms with Crippen LogP contribution in [-0.4, -0.2) is 28.5 Å². The molecule has 0 radical (unpaired) electrons. The Morgan fingerprint density at radius 1 is 1.21 bits per heavy atom. The predicted octanol–water partition coefficient (Wildman–Crippen LogP) is 5.37. The molecule has 0 atom stereocenters. The second kappa shape index (κ2) is 9.77. The van der Waals surface area contributed by atoms with Crippen molar-refractivity contribution in [1.29, 1.82) is 0 Å². The maximum atomic E-state index is 12.2. The van der Waals surface area contributed by atoms with Crippen LogP contribution in [0.1, 0.15) is 12.5 Å². The molecule has 0 saturated heterocycles. The Hall–Kier alpha value is -2.29. The Bertz CT molecular complexity index is 965. The van der Waals surface area contributed by atoms with Gasteiger partial charge in [0.15, 0.2) is 4.34 Å². The Morgan fingerprint density at radius 3 is 2.82 bits per heavy atom. The van der Waals surface area contributed by atoms with Gasteiger partial charge in [0.1, 0.15) is 5.75 Å². The summed E-state index contributed by atoms with van der Waals surface area (Å²) in [6.45, 7) is 4.42. The van der Waals surface area contributed by atoms with Crippen LogP contribution in [0.4, 0.5) is 16.5 Å². The molecule has 0 aliphatic carbocycles. The summed E-state index contributed by atoms with van der Waals surface area (Å²) in [7, 11) is 0. The molecule has 2 aromatic carbocycles. The lowest BCUT2D eigenvalue weighted by Gasteiger charge is -2.09. The third kappa shape index (κ3) is 5.60. The lowest BCUT2D eigenvalue weighted by Crippen LogP contribution is -2.14. The molecule has 1 heterocycles. The lowest BCUT2D eigenvalue weighted by molar-refractivity contribution is -0.113. The van der Waals surface area contributed by atoms with Crippen molar-refractivity contribution >= 4 is 57.1 Å². The van der Waals surface area contributed by atoms with Crippen molar-refractivity contribution in [2.24, 2.45) is 0 Å². The molecule has 146 valence electrons. The first-order valence-corrected chi connectivity index (χ1v) is 10.7. The van der Waals surface area contributed by atoms with Gasteiger partial charge < -0.3 is 15.4 Å². The van der Waals surface area contributed by atoms with Crippen molar-refractivity contribution in [2.75, 3.05) is 23.0 Å². The number of nitrogens with zero attached hydrogens (tertiary/aromatic N) is 2. The van der Waals surface area contributed by atoms with Crippen LogP contribution in [-0.2, 0) is 4.79 Å². The molecule has 2 N–H and O–H groups in total. The molecule has 1 aromatic heterocycles. The lowest BCUT2D eigenvalue weighted by atomic mass is 10.2. The van der Waals surface area contributed by atoms with E-state index in [0.29, 0.717) is 21.1 Å². The number of hydrogen-bond donors (Lipinski definition) is 2. The SMILES string of the molecule is CCOc1ccccc1Nc1nnc(SCC(=O)Nc2ccc(Cl)cc2C)s1. The average molecular weight is 435 g/mol. The first-order chi connectivity index (χ1) is 13.5. The van der Waals surface area contributed by atoms with Gasteiger partial charge in [-0.05, 0) is 49.7 Å². The van der Waals surface area contributed by atoms with Crippen molar-refractivity contribution in [2.45, 2.75) is 18.2 Å². The molecule has 0 spiro atoms. The molecule has 0 bridgehead atoms. The van der Waals surface area contributed by atoms with Gasteiger partial charge in [-0.15, -0.1) is 10.2 Å². The van der Waals surface area contributed by atoms with Crippen LogP contribution in [0, 0.1) is 6.92 Å². The fraction of sp³-hybridized carbons (Fsp3) is 0.211. The monoisotopic (exact) mass is 434 g/mol. The smallest absolute Gasteiger partial charge is 0.234 e. The first kappa shape index (κ1) is 20.4. The number of rotatable bonds is 8. The number of anilines is 3. The highest BCUT2D eigenvalue weighted by Gasteiger charge is 2.11. The van der Waals surface area contributed by atoms with Gasteiger partial charge in [-0.25, -0.2) is 0 Å². The van der Waals surface area contributed by atoms with Crippen LogP contribution in [0.5, 0.6) is 5.75 Å². The zero-order chi connectivity index (χ0) is 19.9. The fourth-order valence-electron chi connectivity index (χ4n) is 2.37. The second-order valence-corrected chi connectivity index (χ2v) is 8.36. The van der Waals surface area contributed by atoms with E-state index < -0.39 is 0 Å². The number of nitrogens with one attached hydrogen (secondary N) is 2. The standard InChI is InChI=1S/C19H19ClN4O2S2/c1-3-26-16-7-5-4-6-15(16)22-18-23-24-19(28-18)27-11-17(25)21-14-9-8-13(20)10-12(14)2/h4-10H,3,11H2,1-2H3,(H,21,25)(H,22,23). The van der Waals surface area contributed by atoms with E-state index in [0.717, 1.165) is 22.7 Å². The van der Waals surface area contributed by atoms with Gasteiger partial charge in [0.25, 0.3) is 0 Å². The van der Waals surface area contributed by atoms with Crippen LogP contribution >= 0.6 is 34.7 Å². The van der Waals surface area contributed by atoms with E-state index in [1.54, 1.807) is 12.1 Å². The molecule has 6 nitrogen and oxygen atoms in total. The summed E-state index contributed by atoms with van der Waals surface area (Å²) in [4.78, 5) is 12.2. The van der Waals surface area contributed by atoms with Gasteiger partial charge in [-0.2, -0.15) is 0 Å². The number of aryl methyl sites for hydroxylation is 1. The molecule has 9 heteroatoms. The molecule has 3 aromatic rings.